The van der Waals surface area contributed by atoms with E-state index in [1.54, 1.807) is 55.8 Å². The topological polar surface area (TPSA) is 65.4 Å². The van der Waals surface area contributed by atoms with Crippen molar-refractivity contribution in [2.45, 2.75) is 19.6 Å². The molecule has 0 spiro atoms. The van der Waals surface area contributed by atoms with Crippen molar-refractivity contribution in [3.8, 4) is 11.5 Å². The largest absolute Gasteiger partial charge is 0.496 e. The molecular weight excluding hydrogens is 378 g/mol. The molecule has 0 radical (unpaired) electrons. The van der Waals surface area contributed by atoms with Gasteiger partial charge in [0.2, 0.25) is 0 Å². The van der Waals surface area contributed by atoms with E-state index >= 15 is 0 Å². The Labute approximate surface area is 169 Å². The van der Waals surface area contributed by atoms with Crippen LogP contribution in [0.25, 0.3) is 0 Å². The molecule has 1 heterocycles. The second-order valence-corrected chi connectivity index (χ2v) is 6.58. The number of methoxy groups -OCH3 is 1. The van der Waals surface area contributed by atoms with Crippen LogP contribution >= 0.6 is 11.6 Å². The normalized spacial score (nSPS) is 10.5. The standard InChI is InChI=1S/C21H22ClN3O3/c1-27-20-9-4-16(21(26)23-10-2-12-25-13-3-11-24-25)14-17(20)15-28-19-7-5-18(22)6-8-19/h3-9,11,13-14H,2,10,12,15H2,1H3,(H,23,26). The zero-order chi connectivity index (χ0) is 19.8. The van der Waals surface area contributed by atoms with Gasteiger partial charge < -0.3 is 14.8 Å². The Morgan fingerprint density at radius 2 is 2.04 bits per heavy atom. The summed E-state index contributed by atoms with van der Waals surface area (Å²) in [6, 6.07) is 14.3. The van der Waals surface area contributed by atoms with Crippen LogP contribution in [-0.2, 0) is 13.2 Å². The smallest absolute Gasteiger partial charge is 0.251 e. The summed E-state index contributed by atoms with van der Waals surface area (Å²) in [5, 5.41) is 7.72. The number of halogens is 1. The molecule has 0 aliphatic carbocycles. The highest BCUT2D eigenvalue weighted by atomic mass is 35.5. The fraction of sp³-hybridized carbons (Fsp3) is 0.238. The van der Waals surface area contributed by atoms with Crippen molar-refractivity contribution in [1.82, 2.24) is 15.1 Å². The minimum absolute atomic E-state index is 0.129. The highest BCUT2D eigenvalue weighted by molar-refractivity contribution is 6.30. The molecule has 6 nitrogen and oxygen atoms in total. The number of nitrogens with one attached hydrogen (secondary N) is 1. The van der Waals surface area contributed by atoms with Crippen molar-refractivity contribution in [2.24, 2.45) is 0 Å². The van der Waals surface area contributed by atoms with Crippen molar-refractivity contribution in [3.05, 3.63) is 77.1 Å². The van der Waals surface area contributed by atoms with Gasteiger partial charge in [0.1, 0.15) is 18.1 Å². The second kappa shape index (κ2) is 9.80. The molecule has 1 aromatic heterocycles. The van der Waals surface area contributed by atoms with Crippen LogP contribution in [0, 0.1) is 0 Å². The molecule has 28 heavy (non-hydrogen) atoms. The van der Waals surface area contributed by atoms with E-state index in [1.165, 1.54) is 0 Å². The monoisotopic (exact) mass is 399 g/mol. The summed E-state index contributed by atoms with van der Waals surface area (Å²) in [5.74, 6) is 1.24. The van der Waals surface area contributed by atoms with Gasteiger partial charge in [-0.2, -0.15) is 5.10 Å². The van der Waals surface area contributed by atoms with Crippen LogP contribution < -0.4 is 14.8 Å². The van der Waals surface area contributed by atoms with Gasteiger partial charge in [-0.25, -0.2) is 0 Å². The highest BCUT2D eigenvalue weighted by Crippen LogP contribution is 2.23. The maximum absolute atomic E-state index is 12.4. The Kier molecular flexibility index (Phi) is 6.92. The molecule has 0 aliphatic heterocycles. The number of nitrogens with zero attached hydrogens (tertiary/aromatic N) is 2. The van der Waals surface area contributed by atoms with Gasteiger partial charge in [0.05, 0.1) is 7.11 Å². The van der Waals surface area contributed by atoms with Crippen LogP contribution in [0.5, 0.6) is 11.5 Å². The lowest BCUT2D eigenvalue weighted by Gasteiger charge is -2.12. The molecule has 0 aliphatic rings. The summed E-state index contributed by atoms with van der Waals surface area (Å²) < 4.78 is 13.0. The number of carbonyl (C=O) groups excluding carboxylic acids is 1. The Morgan fingerprint density at radius 3 is 2.75 bits per heavy atom. The summed E-state index contributed by atoms with van der Waals surface area (Å²) in [6.45, 7) is 1.61. The van der Waals surface area contributed by atoms with E-state index < -0.39 is 0 Å². The molecule has 0 fully saturated rings. The number of aromatic nitrogens is 2. The lowest BCUT2D eigenvalue weighted by atomic mass is 10.1. The van der Waals surface area contributed by atoms with Crippen molar-refractivity contribution in [2.75, 3.05) is 13.7 Å². The van der Waals surface area contributed by atoms with E-state index in [9.17, 15) is 4.79 Å². The van der Waals surface area contributed by atoms with Gasteiger partial charge in [0.25, 0.3) is 5.91 Å². The minimum Gasteiger partial charge on any atom is -0.496 e. The van der Waals surface area contributed by atoms with Crippen molar-refractivity contribution >= 4 is 17.5 Å². The SMILES string of the molecule is COc1ccc(C(=O)NCCCn2cccn2)cc1COc1ccc(Cl)cc1. The number of carbonyl (C=O) groups is 1. The summed E-state index contributed by atoms with van der Waals surface area (Å²) in [7, 11) is 1.59. The highest BCUT2D eigenvalue weighted by Gasteiger charge is 2.11. The molecule has 0 saturated heterocycles. The second-order valence-electron chi connectivity index (χ2n) is 6.15. The van der Waals surface area contributed by atoms with E-state index in [2.05, 4.69) is 10.4 Å². The van der Waals surface area contributed by atoms with Gasteiger partial charge in [0, 0.05) is 41.6 Å². The number of benzene rings is 2. The summed E-state index contributed by atoms with van der Waals surface area (Å²) >= 11 is 5.89. The first-order valence-corrected chi connectivity index (χ1v) is 9.34. The van der Waals surface area contributed by atoms with E-state index in [1.807, 2.05) is 16.9 Å². The molecular formula is C21H22ClN3O3. The fourth-order valence-corrected chi connectivity index (χ4v) is 2.83. The third-order valence-corrected chi connectivity index (χ3v) is 4.41. The van der Waals surface area contributed by atoms with E-state index in [0.29, 0.717) is 28.6 Å². The van der Waals surface area contributed by atoms with Crippen LogP contribution in [0.4, 0.5) is 0 Å². The molecule has 1 N–H and O–H groups in total. The van der Waals surface area contributed by atoms with E-state index in [-0.39, 0.29) is 12.5 Å². The molecule has 0 unspecified atom stereocenters. The molecule has 0 saturated carbocycles. The molecule has 3 aromatic rings. The van der Waals surface area contributed by atoms with Gasteiger partial charge in [-0.05, 0) is 55.0 Å². The van der Waals surface area contributed by atoms with Gasteiger partial charge in [-0.3, -0.25) is 9.48 Å². The van der Waals surface area contributed by atoms with Gasteiger partial charge in [0.15, 0.2) is 0 Å². The Morgan fingerprint density at radius 1 is 1.21 bits per heavy atom. The Bertz CT molecular complexity index is 896. The fourth-order valence-electron chi connectivity index (χ4n) is 2.70. The van der Waals surface area contributed by atoms with Crippen LogP contribution in [0.3, 0.4) is 0 Å². The minimum atomic E-state index is -0.129. The lowest BCUT2D eigenvalue weighted by Crippen LogP contribution is -2.25. The third kappa shape index (κ3) is 5.50. The number of hydrogen-bond acceptors (Lipinski definition) is 4. The van der Waals surface area contributed by atoms with E-state index in [0.717, 1.165) is 18.5 Å². The van der Waals surface area contributed by atoms with Gasteiger partial charge >= 0.3 is 0 Å². The van der Waals surface area contributed by atoms with Crippen molar-refractivity contribution in [1.29, 1.82) is 0 Å². The average molecular weight is 400 g/mol. The van der Waals surface area contributed by atoms with Gasteiger partial charge in [-0.1, -0.05) is 11.6 Å². The molecule has 2 aromatic carbocycles. The number of amides is 1. The molecule has 1 amide bonds. The molecule has 3 rings (SSSR count). The first kappa shape index (κ1) is 19.8. The summed E-state index contributed by atoms with van der Waals surface area (Å²) in [5.41, 5.74) is 1.36. The molecule has 0 atom stereocenters. The zero-order valence-electron chi connectivity index (χ0n) is 15.6. The van der Waals surface area contributed by atoms with Crippen molar-refractivity contribution in [3.63, 3.8) is 0 Å². The quantitative estimate of drug-likeness (QED) is 0.553. The first-order chi connectivity index (χ1) is 13.7. The zero-order valence-corrected chi connectivity index (χ0v) is 16.4. The van der Waals surface area contributed by atoms with Crippen LogP contribution in [0.1, 0.15) is 22.3 Å². The summed E-state index contributed by atoms with van der Waals surface area (Å²) in [6.07, 6.45) is 4.44. The average Bonchev–Trinajstić information content (AvgIpc) is 3.24. The van der Waals surface area contributed by atoms with Crippen LogP contribution in [0.15, 0.2) is 60.9 Å². The van der Waals surface area contributed by atoms with Crippen LogP contribution in [-0.4, -0.2) is 29.3 Å². The predicted octanol–water partition coefficient (Wildman–Crippen LogP) is 3.94. The number of rotatable bonds is 9. The predicted molar refractivity (Wildman–Crippen MR) is 108 cm³/mol. The Balaban J connectivity index is 1.57. The third-order valence-electron chi connectivity index (χ3n) is 4.16. The summed E-state index contributed by atoms with van der Waals surface area (Å²) in [4.78, 5) is 12.4. The van der Waals surface area contributed by atoms with Crippen LogP contribution in [0.2, 0.25) is 5.02 Å². The lowest BCUT2D eigenvalue weighted by molar-refractivity contribution is 0.0952. The number of ether oxygens (including phenoxy) is 2. The molecule has 7 heteroatoms. The van der Waals surface area contributed by atoms with E-state index in [4.69, 9.17) is 21.1 Å². The molecule has 0 bridgehead atoms. The van der Waals surface area contributed by atoms with Crippen molar-refractivity contribution < 1.29 is 14.3 Å². The van der Waals surface area contributed by atoms with Gasteiger partial charge in [-0.15, -0.1) is 0 Å². The Hall–Kier alpha value is -2.99. The number of aryl methyl sites for hydroxylation is 1. The number of hydrogen-bond donors (Lipinski definition) is 1. The maximum atomic E-state index is 12.4. The first-order valence-electron chi connectivity index (χ1n) is 8.96. The maximum Gasteiger partial charge on any atom is 0.251 e. The molecule has 146 valence electrons.